The topological polar surface area (TPSA) is 62.7 Å². The molecule has 106 valence electrons. The van der Waals surface area contributed by atoms with Crippen LogP contribution in [0.2, 0.25) is 0 Å². The van der Waals surface area contributed by atoms with Crippen molar-refractivity contribution in [2.75, 3.05) is 19.1 Å². The van der Waals surface area contributed by atoms with Crippen LogP contribution in [-0.4, -0.2) is 30.2 Å². The zero-order chi connectivity index (χ0) is 14.7. The van der Waals surface area contributed by atoms with E-state index in [-0.39, 0.29) is 5.69 Å². The summed E-state index contributed by atoms with van der Waals surface area (Å²) in [6.45, 7) is 2.41. The number of aromatic carboxylic acids is 1. The van der Waals surface area contributed by atoms with Crippen molar-refractivity contribution < 1.29 is 14.6 Å². The van der Waals surface area contributed by atoms with Crippen LogP contribution in [0, 0.1) is 6.92 Å². The Morgan fingerprint density at radius 2 is 2.25 bits per heavy atom. The number of carbonyl (C=O) groups is 1. The fraction of sp³-hybridized carbons (Fsp3) is 0.286. The SMILES string of the molecule is COc1cccc(CN(C)c2nc(C(=O)O)c(C)s2)c1. The molecule has 0 spiro atoms. The Hall–Kier alpha value is -2.08. The third kappa shape index (κ3) is 3.08. The first-order valence-electron chi connectivity index (χ1n) is 6.06. The lowest BCUT2D eigenvalue weighted by molar-refractivity contribution is 0.0690. The molecule has 0 saturated heterocycles. The maximum absolute atomic E-state index is 11.0. The molecule has 1 aromatic carbocycles. The van der Waals surface area contributed by atoms with Crippen molar-refractivity contribution in [2.45, 2.75) is 13.5 Å². The van der Waals surface area contributed by atoms with Gasteiger partial charge in [-0.3, -0.25) is 0 Å². The summed E-state index contributed by atoms with van der Waals surface area (Å²) in [6, 6.07) is 7.77. The number of hydrogen-bond donors (Lipinski definition) is 1. The van der Waals surface area contributed by atoms with Gasteiger partial charge >= 0.3 is 5.97 Å². The van der Waals surface area contributed by atoms with E-state index in [0.29, 0.717) is 16.6 Å². The number of hydrogen-bond acceptors (Lipinski definition) is 5. The second kappa shape index (κ2) is 5.92. The van der Waals surface area contributed by atoms with Crippen molar-refractivity contribution in [2.24, 2.45) is 0 Å². The van der Waals surface area contributed by atoms with Crippen molar-refractivity contribution >= 4 is 22.4 Å². The van der Waals surface area contributed by atoms with Gasteiger partial charge < -0.3 is 14.7 Å². The fourth-order valence-corrected chi connectivity index (χ4v) is 2.72. The molecule has 1 aromatic heterocycles. The van der Waals surface area contributed by atoms with Crippen molar-refractivity contribution in [3.63, 3.8) is 0 Å². The van der Waals surface area contributed by atoms with Gasteiger partial charge in [-0.05, 0) is 24.6 Å². The maximum atomic E-state index is 11.0. The van der Waals surface area contributed by atoms with E-state index in [0.717, 1.165) is 11.3 Å². The molecule has 0 fully saturated rings. The lowest BCUT2D eigenvalue weighted by Crippen LogP contribution is -2.16. The monoisotopic (exact) mass is 292 g/mol. The van der Waals surface area contributed by atoms with Crippen molar-refractivity contribution in [3.8, 4) is 5.75 Å². The number of aryl methyl sites for hydroxylation is 1. The summed E-state index contributed by atoms with van der Waals surface area (Å²) < 4.78 is 5.19. The predicted molar refractivity (Wildman–Crippen MR) is 78.9 cm³/mol. The summed E-state index contributed by atoms with van der Waals surface area (Å²) >= 11 is 1.38. The van der Waals surface area contributed by atoms with Crippen molar-refractivity contribution in [1.82, 2.24) is 4.98 Å². The van der Waals surface area contributed by atoms with Gasteiger partial charge in [0.25, 0.3) is 0 Å². The Bertz CT molecular complexity index is 625. The highest BCUT2D eigenvalue weighted by Gasteiger charge is 2.16. The first-order chi connectivity index (χ1) is 9.51. The third-order valence-electron chi connectivity index (χ3n) is 2.87. The van der Waals surface area contributed by atoms with Gasteiger partial charge in [-0.2, -0.15) is 0 Å². The Balaban J connectivity index is 2.17. The van der Waals surface area contributed by atoms with E-state index in [4.69, 9.17) is 9.84 Å². The second-order valence-electron chi connectivity index (χ2n) is 4.41. The van der Waals surface area contributed by atoms with E-state index in [1.165, 1.54) is 11.3 Å². The lowest BCUT2D eigenvalue weighted by Gasteiger charge is -2.16. The fourth-order valence-electron chi connectivity index (χ4n) is 1.86. The average Bonchev–Trinajstić information content (AvgIpc) is 2.81. The number of thiazole rings is 1. The molecule has 0 aliphatic carbocycles. The normalized spacial score (nSPS) is 10.3. The molecule has 0 amide bonds. The molecular weight excluding hydrogens is 276 g/mol. The van der Waals surface area contributed by atoms with Crippen LogP contribution in [0.4, 0.5) is 5.13 Å². The molecule has 1 heterocycles. The zero-order valence-corrected chi connectivity index (χ0v) is 12.4. The molecule has 20 heavy (non-hydrogen) atoms. The molecule has 0 aliphatic rings. The van der Waals surface area contributed by atoms with E-state index in [2.05, 4.69) is 4.98 Å². The highest BCUT2D eigenvalue weighted by Crippen LogP contribution is 2.26. The standard InChI is InChI=1S/C14H16N2O3S/c1-9-12(13(17)18)15-14(20-9)16(2)8-10-5-4-6-11(7-10)19-3/h4-7H,8H2,1-3H3,(H,17,18). The lowest BCUT2D eigenvalue weighted by atomic mass is 10.2. The van der Waals surface area contributed by atoms with Gasteiger partial charge in [-0.15, -0.1) is 11.3 Å². The van der Waals surface area contributed by atoms with Crippen LogP contribution in [0.5, 0.6) is 5.75 Å². The van der Waals surface area contributed by atoms with Gasteiger partial charge in [-0.1, -0.05) is 12.1 Å². The van der Waals surface area contributed by atoms with Crippen LogP contribution in [0.3, 0.4) is 0 Å². The summed E-state index contributed by atoms with van der Waals surface area (Å²) in [6.07, 6.45) is 0. The molecule has 0 saturated carbocycles. The molecule has 0 aliphatic heterocycles. The van der Waals surface area contributed by atoms with Crippen LogP contribution in [0.1, 0.15) is 20.9 Å². The Kier molecular flexibility index (Phi) is 4.24. The summed E-state index contributed by atoms with van der Waals surface area (Å²) in [5.41, 5.74) is 1.21. The molecule has 2 rings (SSSR count). The van der Waals surface area contributed by atoms with Crippen LogP contribution in [0.25, 0.3) is 0 Å². The quantitative estimate of drug-likeness (QED) is 0.918. The highest BCUT2D eigenvalue weighted by molar-refractivity contribution is 7.15. The van der Waals surface area contributed by atoms with Crippen LogP contribution < -0.4 is 9.64 Å². The second-order valence-corrected chi connectivity index (χ2v) is 5.60. The zero-order valence-electron chi connectivity index (χ0n) is 11.6. The number of carboxylic acids is 1. The molecule has 0 radical (unpaired) electrons. The summed E-state index contributed by atoms with van der Waals surface area (Å²) in [4.78, 5) is 17.8. The molecule has 0 atom stereocenters. The number of rotatable bonds is 5. The van der Waals surface area contributed by atoms with Crippen molar-refractivity contribution in [3.05, 3.63) is 40.4 Å². The minimum atomic E-state index is -0.986. The smallest absolute Gasteiger partial charge is 0.355 e. The van der Waals surface area contributed by atoms with Gasteiger partial charge in [0.15, 0.2) is 10.8 Å². The van der Waals surface area contributed by atoms with Gasteiger partial charge in [-0.25, -0.2) is 9.78 Å². The van der Waals surface area contributed by atoms with E-state index in [9.17, 15) is 4.79 Å². The Labute approximate surface area is 121 Å². The number of carboxylic acid groups (broad SMARTS) is 1. The number of anilines is 1. The maximum Gasteiger partial charge on any atom is 0.355 e. The summed E-state index contributed by atoms with van der Waals surface area (Å²) in [5.74, 6) is -0.183. The average molecular weight is 292 g/mol. The molecule has 0 unspecified atom stereocenters. The van der Waals surface area contributed by atoms with E-state index in [1.54, 1.807) is 14.0 Å². The molecule has 1 N–H and O–H groups in total. The first-order valence-corrected chi connectivity index (χ1v) is 6.87. The largest absolute Gasteiger partial charge is 0.497 e. The van der Waals surface area contributed by atoms with Crippen LogP contribution >= 0.6 is 11.3 Å². The third-order valence-corrected chi connectivity index (χ3v) is 3.95. The Morgan fingerprint density at radius 3 is 2.85 bits per heavy atom. The van der Waals surface area contributed by atoms with Crippen LogP contribution in [0.15, 0.2) is 24.3 Å². The number of nitrogens with zero attached hydrogens (tertiary/aromatic N) is 2. The number of aromatic nitrogens is 1. The van der Waals surface area contributed by atoms with E-state index >= 15 is 0 Å². The van der Waals surface area contributed by atoms with E-state index < -0.39 is 5.97 Å². The molecule has 5 nitrogen and oxygen atoms in total. The Morgan fingerprint density at radius 1 is 1.50 bits per heavy atom. The van der Waals surface area contributed by atoms with Gasteiger partial charge in [0.1, 0.15) is 5.75 Å². The number of ether oxygens (including phenoxy) is 1. The molecule has 2 aromatic rings. The summed E-state index contributed by atoms with van der Waals surface area (Å²) in [7, 11) is 3.52. The van der Waals surface area contributed by atoms with Gasteiger partial charge in [0.2, 0.25) is 0 Å². The van der Waals surface area contributed by atoms with Crippen molar-refractivity contribution in [1.29, 1.82) is 0 Å². The predicted octanol–water partition coefficient (Wildman–Crippen LogP) is 2.79. The minimum absolute atomic E-state index is 0.127. The minimum Gasteiger partial charge on any atom is -0.497 e. The highest BCUT2D eigenvalue weighted by atomic mass is 32.1. The van der Waals surface area contributed by atoms with Crippen LogP contribution in [-0.2, 0) is 6.54 Å². The molecule has 0 bridgehead atoms. The molecule has 6 heteroatoms. The molecular formula is C14H16N2O3S. The number of benzene rings is 1. The summed E-state index contributed by atoms with van der Waals surface area (Å²) in [5, 5.41) is 9.72. The van der Waals surface area contributed by atoms with Gasteiger partial charge in [0.05, 0.1) is 7.11 Å². The van der Waals surface area contributed by atoms with Gasteiger partial charge in [0, 0.05) is 18.5 Å². The number of methoxy groups -OCH3 is 1. The van der Waals surface area contributed by atoms with E-state index in [1.807, 2.05) is 36.2 Å². The first kappa shape index (κ1) is 14.3.